The van der Waals surface area contributed by atoms with E-state index in [2.05, 4.69) is 10.6 Å². The van der Waals surface area contributed by atoms with Crippen molar-refractivity contribution in [2.45, 2.75) is 12.1 Å². The zero-order valence-electron chi connectivity index (χ0n) is 5.70. The number of amides is 2. The first-order chi connectivity index (χ1) is 5.07. The van der Waals surface area contributed by atoms with Crippen LogP contribution in [0.2, 0.25) is 0 Å². The predicted octanol–water partition coefficient (Wildman–Crippen LogP) is -1.54. The largest absolute Gasteiger partial charge is 0.332 e. The van der Waals surface area contributed by atoms with Gasteiger partial charge in [0.2, 0.25) is 0 Å². The van der Waals surface area contributed by atoms with Gasteiger partial charge in [0.15, 0.2) is 9.84 Å². The van der Waals surface area contributed by atoms with Gasteiger partial charge in [-0.05, 0) is 0 Å². The molecule has 2 amide bonds. The number of hydrogen-bond acceptors (Lipinski definition) is 3. The highest BCUT2D eigenvalue weighted by Gasteiger charge is 2.43. The molecule has 0 spiro atoms. The Morgan fingerprint density at radius 1 is 1.18 bits per heavy atom. The Balaban J connectivity index is 2.22. The molecule has 2 atom stereocenters. The average Bonchev–Trinajstić information content (AvgIpc) is 2.17. The van der Waals surface area contributed by atoms with E-state index < -0.39 is 9.84 Å². The number of carbonyl (C=O) groups is 1. The molecule has 6 heteroatoms. The normalized spacial score (nSPS) is 39.5. The number of sulfone groups is 1. The van der Waals surface area contributed by atoms with Gasteiger partial charge in [0, 0.05) is 0 Å². The zero-order valence-corrected chi connectivity index (χ0v) is 6.52. The monoisotopic (exact) mass is 176 g/mol. The van der Waals surface area contributed by atoms with Crippen LogP contribution in [-0.4, -0.2) is 38.0 Å². The molecule has 2 fully saturated rings. The second-order valence-electron chi connectivity index (χ2n) is 2.91. The molecule has 0 aromatic heterocycles. The van der Waals surface area contributed by atoms with Crippen LogP contribution in [0.15, 0.2) is 0 Å². The molecule has 0 aromatic rings. The maximum absolute atomic E-state index is 11.0. The lowest BCUT2D eigenvalue weighted by atomic mass is 10.2. The maximum Gasteiger partial charge on any atom is 0.315 e. The molecular weight excluding hydrogens is 168 g/mol. The first kappa shape index (κ1) is 6.90. The molecule has 1 unspecified atom stereocenters. The molecule has 2 heterocycles. The molecule has 0 saturated carbocycles. The number of fused-ring (bicyclic) bond motifs is 1. The summed E-state index contributed by atoms with van der Waals surface area (Å²) >= 11 is 0. The Hall–Kier alpha value is -0.780. The fourth-order valence-electron chi connectivity index (χ4n) is 1.51. The highest BCUT2D eigenvalue weighted by Crippen LogP contribution is 2.15. The van der Waals surface area contributed by atoms with Crippen molar-refractivity contribution in [3.8, 4) is 0 Å². The van der Waals surface area contributed by atoms with Gasteiger partial charge in [0.1, 0.15) is 0 Å². The van der Waals surface area contributed by atoms with Crippen LogP contribution in [0.4, 0.5) is 4.79 Å². The minimum atomic E-state index is -2.91. The molecule has 0 aromatic carbocycles. The molecule has 2 N–H and O–H groups in total. The fraction of sp³-hybridized carbons (Fsp3) is 0.800. The molecule has 0 radical (unpaired) electrons. The van der Waals surface area contributed by atoms with Gasteiger partial charge in [-0.1, -0.05) is 0 Å². The van der Waals surface area contributed by atoms with Gasteiger partial charge in [0.25, 0.3) is 0 Å². The highest BCUT2D eigenvalue weighted by molar-refractivity contribution is 7.91. The van der Waals surface area contributed by atoms with Gasteiger partial charge < -0.3 is 10.6 Å². The van der Waals surface area contributed by atoms with Gasteiger partial charge in [-0.2, -0.15) is 0 Å². The second-order valence-corrected chi connectivity index (χ2v) is 5.06. The van der Waals surface area contributed by atoms with Crippen molar-refractivity contribution in [3.63, 3.8) is 0 Å². The SMILES string of the molecule is O=C1NC2CS(=O)(=O)C[C@H]2N1. The van der Waals surface area contributed by atoms with E-state index in [-0.39, 0.29) is 29.6 Å². The summed E-state index contributed by atoms with van der Waals surface area (Å²) in [6.45, 7) is 0. The summed E-state index contributed by atoms with van der Waals surface area (Å²) in [4.78, 5) is 10.7. The van der Waals surface area contributed by atoms with Crippen LogP contribution in [0.5, 0.6) is 0 Å². The lowest BCUT2D eigenvalue weighted by molar-refractivity contribution is 0.247. The Bertz CT molecular complexity index is 275. The molecule has 0 bridgehead atoms. The van der Waals surface area contributed by atoms with Crippen molar-refractivity contribution < 1.29 is 13.2 Å². The van der Waals surface area contributed by atoms with E-state index in [0.717, 1.165) is 0 Å². The minimum Gasteiger partial charge on any atom is -0.332 e. The summed E-state index contributed by atoms with van der Waals surface area (Å²) in [7, 11) is -2.91. The van der Waals surface area contributed by atoms with Crippen molar-refractivity contribution in [2.24, 2.45) is 0 Å². The molecule has 0 aliphatic carbocycles. The Morgan fingerprint density at radius 3 is 2.09 bits per heavy atom. The summed E-state index contributed by atoms with van der Waals surface area (Å²) in [5.41, 5.74) is 0. The van der Waals surface area contributed by atoms with Crippen LogP contribution >= 0.6 is 0 Å². The van der Waals surface area contributed by atoms with Gasteiger partial charge >= 0.3 is 6.03 Å². The topological polar surface area (TPSA) is 75.3 Å². The summed E-state index contributed by atoms with van der Waals surface area (Å²) in [5.74, 6) is 0.160. The molecule has 2 aliphatic rings. The van der Waals surface area contributed by atoms with E-state index >= 15 is 0 Å². The van der Waals surface area contributed by atoms with Gasteiger partial charge in [-0.25, -0.2) is 13.2 Å². The number of urea groups is 1. The second kappa shape index (κ2) is 1.88. The first-order valence-electron chi connectivity index (χ1n) is 3.34. The lowest BCUT2D eigenvalue weighted by Gasteiger charge is -2.01. The third-order valence-corrected chi connectivity index (χ3v) is 3.72. The van der Waals surface area contributed by atoms with Crippen molar-refractivity contribution in [3.05, 3.63) is 0 Å². The van der Waals surface area contributed by atoms with Crippen molar-refractivity contribution in [1.82, 2.24) is 10.6 Å². The summed E-state index contributed by atoms with van der Waals surface area (Å²) in [6.07, 6.45) is 0. The minimum absolute atomic E-state index is 0.0798. The number of nitrogens with one attached hydrogen (secondary N) is 2. The van der Waals surface area contributed by atoms with Gasteiger partial charge in [-0.3, -0.25) is 0 Å². The standard InChI is InChI=1S/C5H8N2O3S/c8-5-6-3-1-11(9,10)2-4(3)7-5/h3-4H,1-2H2,(H2,6,7,8)/t3-,4?/m1/s1. The van der Waals surface area contributed by atoms with E-state index in [0.29, 0.717) is 0 Å². The summed E-state index contributed by atoms with van der Waals surface area (Å²) in [5, 5.41) is 5.08. The molecule has 2 saturated heterocycles. The predicted molar refractivity (Wildman–Crippen MR) is 37.9 cm³/mol. The van der Waals surface area contributed by atoms with Gasteiger partial charge in [0.05, 0.1) is 23.6 Å². The molecule has 11 heavy (non-hydrogen) atoms. The number of carbonyl (C=O) groups excluding carboxylic acids is 1. The van der Waals surface area contributed by atoms with Crippen molar-refractivity contribution in [2.75, 3.05) is 11.5 Å². The third-order valence-electron chi connectivity index (χ3n) is 1.99. The lowest BCUT2D eigenvalue weighted by Crippen LogP contribution is -2.31. The van der Waals surface area contributed by atoms with Crippen LogP contribution < -0.4 is 10.6 Å². The number of hydrogen-bond donors (Lipinski definition) is 2. The van der Waals surface area contributed by atoms with E-state index in [4.69, 9.17) is 0 Å². The first-order valence-corrected chi connectivity index (χ1v) is 5.16. The van der Waals surface area contributed by atoms with E-state index in [9.17, 15) is 13.2 Å². The molecule has 2 rings (SSSR count). The summed E-state index contributed by atoms with van der Waals surface area (Å²) < 4.78 is 21.9. The van der Waals surface area contributed by atoms with Crippen LogP contribution in [0.25, 0.3) is 0 Å². The quantitative estimate of drug-likeness (QED) is 0.439. The Kier molecular flexibility index (Phi) is 1.18. The summed E-state index contributed by atoms with van der Waals surface area (Å²) in [6, 6.07) is -0.658. The highest BCUT2D eigenvalue weighted by atomic mass is 32.2. The molecule has 62 valence electrons. The fourth-order valence-corrected chi connectivity index (χ4v) is 3.37. The molecule has 2 aliphatic heterocycles. The van der Waals surface area contributed by atoms with E-state index in [1.54, 1.807) is 0 Å². The van der Waals surface area contributed by atoms with E-state index in [1.165, 1.54) is 0 Å². The van der Waals surface area contributed by atoms with Gasteiger partial charge in [-0.15, -0.1) is 0 Å². The Morgan fingerprint density at radius 2 is 1.64 bits per heavy atom. The van der Waals surface area contributed by atoms with Crippen LogP contribution in [0.3, 0.4) is 0 Å². The third kappa shape index (κ3) is 1.07. The van der Waals surface area contributed by atoms with E-state index in [1.807, 2.05) is 0 Å². The zero-order chi connectivity index (χ0) is 8.06. The van der Waals surface area contributed by atoms with Crippen LogP contribution in [0, 0.1) is 0 Å². The maximum atomic E-state index is 11.0. The van der Waals surface area contributed by atoms with Crippen molar-refractivity contribution in [1.29, 1.82) is 0 Å². The smallest absolute Gasteiger partial charge is 0.315 e. The Labute approximate surface area is 64.1 Å². The molecular formula is C5H8N2O3S. The molecule has 5 nitrogen and oxygen atoms in total. The van der Waals surface area contributed by atoms with Crippen molar-refractivity contribution >= 4 is 15.9 Å². The van der Waals surface area contributed by atoms with Crippen LogP contribution in [-0.2, 0) is 9.84 Å². The number of rotatable bonds is 0. The average molecular weight is 176 g/mol. The van der Waals surface area contributed by atoms with Crippen LogP contribution in [0.1, 0.15) is 0 Å².